The average molecular weight is 150 g/mol. The summed E-state index contributed by atoms with van der Waals surface area (Å²) in [4.78, 5) is 10.8. The monoisotopic (exact) mass is 150 g/mol. The van der Waals surface area contributed by atoms with Gasteiger partial charge < -0.3 is 0 Å². The van der Waals surface area contributed by atoms with Crippen LogP contribution in [0.4, 0.5) is 0 Å². The summed E-state index contributed by atoms with van der Waals surface area (Å²) < 4.78 is 0. The molecule has 0 aromatic rings. The zero-order valence-corrected chi connectivity index (χ0v) is 7.13. The predicted octanol–water partition coefficient (Wildman–Crippen LogP) is 2.49. The first-order valence-electron chi connectivity index (χ1n) is 4.15. The summed E-state index contributed by atoms with van der Waals surface area (Å²) >= 11 is 0. The third-order valence-electron chi connectivity index (χ3n) is 2.48. The maximum Gasteiger partial charge on any atom is 0.178 e. The first kappa shape index (κ1) is 8.25. The van der Waals surface area contributed by atoms with Crippen molar-refractivity contribution >= 4 is 5.78 Å². The van der Waals surface area contributed by atoms with Crippen LogP contribution < -0.4 is 0 Å². The van der Waals surface area contributed by atoms with Gasteiger partial charge in [-0.15, -0.1) is 0 Å². The molecule has 0 aliphatic heterocycles. The van der Waals surface area contributed by atoms with Gasteiger partial charge in [-0.1, -0.05) is 26.0 Å². The highest BCUT2D eigenvalue weighted by molar-refractivity contribution is 6.00. The molecule has 1 heteroatoms. The highest BCUT2D eigenvalue weighted by Gasteiger charge is 2.21. The van der Waals surface area contributed by atoms with Gasteiger partial charge in [0.15, 0.2) is 5.78 Å². The molecule has 1 nitrogen and oxygen atoms in total. The Balaban J connectivity index is 2.81. The van der Waals surface area contributed by atoms with Crippen LogP contribution in [0.25, 0.3) is 0 Å². The molecule has 0 N–H and O–H groups in total. The summed E-state index contributed by atoms with van der Waals surface area (Å²) in [6.45, 7) is 4.29. The molecule has 0 heterocycles. The number of hydrogen-bond donors (Lipinski definition) is 0. The van der Waals surface area contributed by atoms with E-state index in [9.17, 15) is 4.79 Å². The Morgan fingerprint density at radius 2 is 1.64 bits per heavy atom. The lowest BCUT2D eigenvalue weighted by atomic mass is 9.79. The van der Waals surface area contributed by atoms with Crippen molar-refractivity contribution in [2.24, 2.45) is 5.41 Å². The summed E-state index contributed by atoms with van der Waals surface area (Å²) in [5.74, 6) is 0.113. The molecule has 1 rings (SSSR count). The Kier molecular flexibility index (Phi) is 2.28. The summed E-state index contributed by atoms with van der Waals surface area (Å²) in [5, 5.41) is 0. The van der Waals surface area contributed by atoms with E-state index in [-0.39, 0.29) is 11.2 Å². The Morgan fingerprint density at radius 1 is 1.18 bits per heavy atom. The van der Waals surface area contributed by atoms with Gasteiger partial charge in [0.1, 0.15) is 0 Å². The van der Waals surface area contributed by atoms with E-state index in [4.69, 9.17) is 0 Å². The third-order valence-corrected chi connectivity index (χ3v) is 2.48. The lowest BCUT2D eigenvalue weighted by molar-refractivity contribution is -0.110. The molecule has 0 saturated heterocycles. The van der Waals surface area contributed by atoms with Crippen molar-refractivity contribution in [2.75, 3.05) is 0 Å². The molecular formula is C10H14O. The van der Waals surface area contributed by atoms with E-state index < -0.39 is 0 Å². The summed E-state index contributed by atoms with van der Waals surface area (Å²) in [7, 11) is 0. The van der Waals surface area contributed by atoms with E-state index in [2.05, 4.69) is 13.8 Å². The second-order valence-corrected chi connectivity index (χ2v) is 3.01. The van der Waals surface area contributed by atoms with Gasteiger partial charge in [-0.25, -0.2) is 0 Å². The maximum atomic E-state index is 10.8. The predicted molar refractivity (Wildman–Crippen MR) is 46.3 cm³/mol. The molecular weight excluding hydrogens is 136 g/mol. The van der Waals surface area contributed by atoms with Crippen LogP contribution in [0.15, 0.2) is 24.3 Å². The summed E-state index contributed by atoms with van der Waals surface area (Å²) in [6.07, 6.45) is 9.54. The van der Waals surface area contributed by atoms with Crippen molar-refractivity contribution in [3.63, 3.8) is 0 Å². The molecule has 0 atom stereocenters. The lowest BCUT2D eigenvalue weighted by Crippen LogP contribution is -2.15. The van der Waals surface area contributed by atoms with Crippen molar-refractivity contribution in [1.82, 2.24) is 0 Å². The largest absolute Gasteiger partial charge is 0.290 e. The van der Waals surface area contributed by atoms with Crippen LogP contribution in [0.3, 0.4) is 0 Å². The minimum atomic E-state index is 0.113. The van der Waals surface area contributed by atoms with E-state index in [1.165, 1.54) is 0 Å². The van der Waals surface area contributed by atoms with Gasteiger partial charge in [-0.2, -0.15) is 0 Å². The highest BCUT2D eigenvalue weighted by atomic mass is 16.1. The van der Waals surface area contributed by atoms with E-state index in [0.29, 0.717) is 0 Å². The van der Waals surface area contributed by atoms with E-state index in [0.717, 1.165) is 12.8 Å². The van der Waals surface area contributed by atoms with E-state index in [1.807, 2.05) is 12.2 Å². The van der Waals surface area contributed by atoms with Crippen LogP contribution in [-0.4, -0.2) is 5.78 Å². The summed E-state index contributed by atoms with van der Waals surface area (Å²) in [5.41, 5.74) is 0.161. The normalized spacial score (nSPS) is 20.7. The fourth-order valence-electron chi connectivity index (χ4n) is 1.33. The van der Waals surface area contributed by atoms with Crippen LogP contribution in [-0.2, 0) is 4.79 Å². The topological polar surface area (TPSA) is 17.1 Å². The van der Waals surface area contributed by atoms with Crippen molar-refractivity contribution in [3.05, 3.63) is 24.3 Å². The molecule has 0 radical (unpaired) electrons. The van der Waals surface area contributed by atoms with E-state index >= 15 is 0 Å². The number of carbonyl (C=O) groups excluding carboxylic acids is 1. The maximum absolute atomic E-state index is 10.8. The molecule has 60 valence electrons. The second kappa shape index (κ2) is 3.04. The molecule has 0 amide bonds. The second-order valence-electron chi connectivity index (χ2n) is 3.01. The Morgan fingerprint density at radius 3 is 2.00 bits per heavy atom. The lowest BCUT2D eigenvalue weighted by Gasteiger charge is -2.25. The van der Waals surface area contributed by atoms with Crippen LogP contribution in [0.1, 0.15) is 26.7 Å². The van der Waals surface area contributed by atoms with Gasteiger partial charge in [0.05, 0.1) is 0 Å². The van der Waals surface area contributed by atoms with E-state index in [1.54, 1.807) is 12.2 Å². The molecule has 0 fully saturated rings. The fourth-order valence-corrected chi connectivity index (χ4v) is 1.33. The third kappa shape index (κ3) is 1.59. The van der Waals surface area contributed by atoms with Crippen molar-refractivity contribution in [1.29, 1.82) is 0 Å². The number of hydrogen-bond acceptors (Lipinski definition) is 1. The van der Waals surface area contributed by atoms with Crippen LogP contribution in [0.2, 0.25) is 0 Å². The van der Waals surface area contributed by atoms with Crippen molar-refractivity contribution in [3.8, 4) is 0 Å². The minimum Gasteiger partial charge on any atom is -0.290 e. The number of allylic oxidation sites excluding steroid dienone is 4. The molecule has 0 bridgehead atoms. The van der Waals surface area contributed by atoms with Gasteiger partial charge in [-0.05, 0) is 25.0 Å². The van der Waals surface area contributed by atoms with Gasteiger partial charge in [0.25, 0.3) is 0 Å². The van der Waals surface area contributed by atoms with Gasteiger partial charge in [0.2, 0.25) is 0 Å². The van der Waals surface area contributed by atoms with Gasteiger partial charge >= 0.3 is 0 Å². The number of carbonyl (C=O) groups is 1. The van der Waals surface area contributed by atoms with Crippen molar-refractivity contribution in [2.45, 2.75) is 26.7 Å². The average Bonchev–Trinajstić information content (AvgIpc) is 2.07. The quantitative estimate of drug-likeness (QED) is 0.591. The first-order chi connectivity index (χ1) is 5.22. The molecule has 0 aromatic carbocycles. The molecule has 0 unspecified atom stereocenters. The molecule has 0 spiro atoms. The zero-order chi connectivity index (χ0) is 8.32. The standard InChI is InChI=1S/C10H14O/c1-3-10(4-2)7-5-9(11)6-8-10/h5-8H,3-4H2,1-2H3. The number of ketones is 1. The van der Waals surface area contributed by atoms with Crippen LogP contribution in [0.5, 0.6) is 0 Å². The van der Waals surface area contributed by atoms with Gasteiger partial charge in [0, 0.05) is 5.41 Å². The Hall–Kier alpha value is -0.850. The van der Waals surface area contributed by atoms with Crippen LogP contribution >= 0.6 is 0 Å². The Labute approximate surface area is 67.8 Å². The zero-order valence-electron chi connectivity index (χ0n) is 7.13. The smallest absolute Gasteiger partial charge is 0.178 e. The highest BCUT2D eigenvalue weighted by Crippen LogP contribution is 2.31. The fraction of sp³-hybridized carbons (Fsp3) is 0.500. The Bertz CT molecular complexity index is 189. The van der Waals surface area contributed by atoms with Crippen LogP contribution in [0, 0.1) is 5.41 Å². The van der Waals surface area contributed by atoms with Gasteiger partial charge in [-0.3, -0.25) is 4.79 Å². The molecule has 0 saturated carbocycles. The summed E-state index contributed by atoms with van der Waals surface area (Å²) in [6, 6.07) is 0. The SMILES string of the molecule is CCC1(CC)C=CC(=O)C=C1. The first-order valence-corrected chi connectivity index (χ1v) is 4.15. The molecule has 11 heavy (non-hydrogen) atoms. The molecule has 1 aliphatic rings. The molecule has 1 aliphatic carbocycles. The number of rotatable bonds is 2. The molecule has 0 aromatic heterocycles. The van der Waals surface area contributed by atoms with Crippen molar-refractivity contribution < 1.29 is 4.79 Å². The minimum absolute atomic E-state index is 0.113.